The van der Waals surface area contributed by atoms with Crippen molar-refractivity contribution >= 4 is 21.6 Å². The number of nitrogens with zero attached hydrogens (tertiary/aromatic N) is 1. The van der Waals surface area contributed by atoms with E-state index in [-0.39, 0.29) is 26.2 Å². The lowest BCUT2D eigenvalue weighted by Gasteiger charge is -2.20. The fourth-order valence-electron chi connectivity index (χ4n) is 3.95. The molecule has 4 rings (SSSR count). The van der Waals surface area contributed by atoms with Gasteiger partial charge in [0.15, 0.2) is 23.7 Å². The normalized spacial score (nSPS) is 13.8. The minimum Gasteiger partial charge on any atom is -0.479 e. The smallest absolute Gasteiger partial charge is 0.479 e. The summed E-state index contributed by atoms with van der Waals surface area (Å²) in [5.41, 5.74) is -1.61. The molecule has 0 aliphatic rings. The van der Waals surface area contributed by atoms with Crippen molar-refractivity contribution in [3.63, 3.8) is 0 Å². The van der Waals surface area contributed by atoms with Crippen molar-refractivity contribution in [2.24, 2.45) is 0 Å². The SMILES string of the molecule is Cc1c(-c2ccc(OC(CF)c3ccccc3)c(OC(F)(F)F)c2)sc2c1c(=O)[nH]c(=O)n2C[C@@H](O)C(F)(F)F. The van der Waals surface area contributed by atoms with E-state index in [4.69, 9.17) is 4.74 Å². The number of aliphatic hydroxyl groups excluding tert-OH is 1. The number of aromatic nitrogens is 2. The maximum absolute atomic E-state index is 13.8. The second-order valence-electron chi connectivity index (χ2n) is 8.54. The molecule has 214 valence electrons. The molecule has 0 saturated heterocycles. The van der Waals surface area contributed by atoms with Gasteiger partial charge in [-0.3, -0.25) is 14.3 Å². The highest BCUT2D eigenvalue weighted by Crippen LogP contribution is 2.42. The van der Waals surface area contributed by atoms with E-state index in [0.717, 1.165) is 12.1 Å². The lowest BCUT2D eigenvalue weighted by atomic mass is 10.1. The third-order valence-electron chi connectivity index (χ3n) is 5.81. The van der Waals surface area contributed by atoms with Crippen LogP contribution in [-0.2, 0) is 6.54 Å². The van der Waals surface area contributed by atoms with Gasteiger partial charge in [-0.25, -0.2) is 9.18 Å². The number of aromatic amines is 1. The Kier molecular flexibility index (Phi) is 7.99. The van der Waals surface area contributed by atoms with Crippen LogP contribution in [0.15, 0.2) is 58.1 Å². The van der Waals surface area contributed by atoms with Gasteiger partial charge < -0.3 is 14.6 Å². The van der Waals surface area contributed by atoms with Crippen molar-refractivity contribution < 1.29 is 45.3 Å². The maximum Gasteiger partial charge on any atom is 0.573 e. The molecule has 2 aromatic carbocycles. The molecular weight excluding hydrogens is 573 g/mol. The number of fused-ring (bicyclic) bond motifs is 1. The second-order valence-corrected chi connectivity index (χ2v) is 9.54. The molecule has 2 aromatic heterocycles. The van der Waals surface area contributed by atoms with Gasteiger partial charge in [0.05, 0.1) is 11.9 Å². The molecule has 0 radical (unpaired) electrons. The summed E-state index contributed by atoms with van der Waals surface area (Å²) in [6.45, 7) is -0.910. The second kappa shape index (κ2) is 11.0. The minimum absolute atomic E-state index is 0.0385. The molecule has 0 aliphatic heterocycles. The Labute approximate surface area is 224 Å². The zero-order chi connectivity index (χ0) is 29.4. The van der Waals surface area contributed by atoms with Gasteiger partial charge in [0.2, 0.25) is 0 Å². The molecule has 0 saturated carbocycles. The standard InChI is InChI=1S/C25H19F7N2O5S/c1-12-19-21(36)33-23(37)34(11-18(35)24(27,28)29)22(19)40-20(12)14-7-8-15(16(9-14)39-25(30,31)32)38-17(10-26)13-5-3-2-4-6-13/h2-9,17-18,35H,10-11H2,1H3,(H,33,36,37)/t17?,18-/m1/s1. The van der Waals surface area contributed by atoms with E-state index in [0.29, 0.717) is 21.5 Å². The first-order chi connectivity index (χ1) is 18.7. The Morgan fingerprint density at radius 1 is 1.02 bits per heavy atom. The summed E-state index contributed by atoms with van der Waals surface area (Å²) in [7, 11) is 0. The Bertz CT molecular complexity index is 1630. The van der Waals surface area contributed by atoms with E-state index in [1.807, 2.05) is 4.98 Å². The molecule has 15 heteroatoms. The van der Waals surface area contributed by atoms with Crippen molar-refractivity contribution in [3.8, 4) is 21.9 Å². The van der Waals surface area contributed by atoms with Crippen molar-refractivity contribution in [3.05, 3.63) is 80.5 Å². The molecular formula is C25H19F7N2O5S. The van der Waals surface area contributed by atoms with E-state index in [2.05, 4.69) is 4.74 Å². The van der Waals surface area contributed by atoms with Crippen LogP contribution in [0.25, 0.3) is 20.7 Å². The van der Waals surface area contributed by atoms with Crippen LogP contribution in [0.4, 0.5) is 30.7 Å². The molecule has 0 amide bonds. The zero-order valence-corrected chi connectivity index (χ0v) is 21.1. The van der Waals surface area contributed by atoms with Crippen LogP contribution in [0, 0.1) is 6.92 Å². The van der Waals surface area contributed by atoms with Gasteiger partial charge in [0.1, 0.15) is 11.5 Å². The lowest BCUT2D eigenvalue weighted by molar-refractivity contribution is -0.275. The fraction of sp³-hybridized carbons (Fsp3) is 0.280. The van der Waals surface area contributed by atoms with Gasteiger partial charge in [0, 0.05) is 4.88 Å². The molecule has 2 heterocycles. The number of alkyl halides is 7. The summed E-state index contributed by atoms with van der Waals surface area (Å²) < 4.78 is 103. The maximum atomic E-state index is 13.8. The number of aliphatic hydroxyl groups is 1. The van der Waals surface area contributed by atoms with Crippen molar-refractivity contribution in [1.29, 1.82) is 0 Å². The molecule has 4 aromatic rings. The predicted molar refractivity (Wildman–Crippen MR) is 131 cm³/mol. The highest BCUT2D eigenvalue weighted by Gasteiger charge is 2.39. The Hall–Kier alpha value is -3.85. The number of thiophene rings is 1. The molecule has 7 nitrogen and oxygen atoms in total. The van der Waals surface area contributed by atoms with Crippen molar-refractivity contribution in [2.45, 2.75) is 38.2 Å². The number of ether oxygens (including phenoxy) is 2. The fourth-order valence-corrected chi connectivity index (χ4v) is 5.26. The number of nitrogens with one attached hydrogen (secondary N) is 1. The van der Waals surface area contributed by atoms with Crippen LogP contribution in [-0.4, -0.2) is 40.0 Å². The summed E-state index contributed by atoms with van der Waals surface area (Å²) in [5, 5.41) is 9.31. The van der Waals surface area contributed by atoms with E-state index in [9.17, 15) is 45.4 Å². The molecule has 0 bridgehead atoms. The zero-order valence-electron chi connectivity index (χ0n) is 20.3. The van der Waals surface area contributed by atoms with Gasteiger partial charge in [-0.15, -0.1) is 24.5 Å². The van der Waals surface area contributed by atoms with Crippen molar-refractivity contribution in [2.75, 3.05) is 6.67 Å². The van der Waals surface area contributed by atoms with E-state index >= 15 is 0 Å². The number of H-pyrrole nitrogens is 1. The topological polar surface area (TPSA) is 93.5 Å². The van der Waals surface area contributed by atoms with Crippen molar-refractivity contribution in [1.82, 2.24) is 9.55 Å². The lowest BCUT2D eigenvalue weighted by Crippen LogP contribution is -2.38. The van der Waals surface area contributed by atoms with Gasteiger partial charge in [0.25, 0.3) is 5.56 Å². The highest BCUT2D eigenvalue weighted by atomic mass is 32.1. The van der Waals surface area contributed by atoms with Gasteiger partial charge in [-0.05, 0) is 41.8 Å². The summed E-state index contributed by atoms with van der Waals surface area (Å²) in [6, 6.07) is 11.2. The highest BCUT2D eigenvalue weighted by molar-refractivity contribution is 7.22. The van der Waals surface area contributed by atoms with Crippen LogP contribution in [0.1, 0.15) is 17.2 Å². The Balaban J connectivity index is 1.83. The summed E-state index contributed by atoms with van der Waals surface area (Å²) in [6.07, 6.45) is -14.4. The summed E-state index contributed by atoms with van der Waals surface area (Å²) >= 11 is 0.659. The van der Waals surface area contributed by atoms with Crippen LogP contribution < -0.4 is 20.7 Å². The van der Waals surface area contributed by atoms with Crippen LogP contribution >= 0.6 is 11.3 Å². The largest absolute Gasteiger partial charge is 0.573 e. The van der Waals surface area contributed by atoms with Crippen LogP contribution in [0.5, 0.6) is 11.5 Å². The number of aryl methyl sites for hydroxylation is 1. The number of rotatable bonds is 8. The Morgan fingerprint density at radius 2 is 1.70 bits per heavy atom. The number of benzene rings is 2. The number of halogens is 7. The van der Waals surface area contributed by atoms with Gasteiger partial charge in [-0.2, -0.15) is 13.2 Å². The minimum atomic E-state index is -5.17. The molecule has 0 aliphatic carbocycles. The average Bonchev–Trinajstić information content (AvgIpc) is 3.22. The molecule has 1 unspecified atom stereocenters. The molecule has 2 N–H and O–H groups in total. The molecule has 40 heavy (non-hydrogen) atoms. The van der Waals surface area contributed by atoms with Gasteiger partial charge in [-0.1, -0.05) is 30.3 Å². The van der Waals surface area contributed by atoms with Gasteiger partial charge >= 0.3 is 18.2 Å². The Morgan fingerprint density at radius 3 is 2.30 bits per heavy atom. The third kappa shape index (κ3) is 6.14. The first kappa shape index (κ1) is 29.1. The number of hydrogen-bond acceptors (Lipinski definition) is 6. The van der Waals surface area contributed by atoms with Crippen LogP contribution in [0.3, 0.4) is 0 Å². The van der Waals surface area contributed by atoms with Crippen LogP contribution in [0.2, 0.25) is 0 Å². The number of hydrogen-bond donors (Lipinski definition) is 2. The summed E-state index contributed by atoms with van der Waals surface area (Å²) in [4.78, 5) is 26.6. The predicted octanol–water partition coefficient (Wildman–Crippen LogP) is 5.64. The third-order valence-corrected chi connectivity index (χ3v) is 7.18. The molecule has 0 fully saturated rings. The monoisotopic (exact) mass is 592 g/mol. The average molecular weight is 592 g/mol. The first-order valence-corrected chi connectivity index (χ1v) is 12.2. The van der Waals surface area contributed by atoms with E-state index in [1.165, 1.54) is 25.1 Å². The first-order valence-electron chi connectivity index (χ1n) is 11.4. The molecule has 2 atom stereocenters. The van der Waals surface area contributed by atoms with E-state index in [1.54, 1.807) is 18.2 Å². The molecule has 0 spiro atoms. The summed E-state index contributed by atoms with van der Waals surface area (Å²) in [5.74, 6) is -1.29. The van der Waals surface area contributed by atoms with E-state index < -0.39 is 60.7 Å². The quantitative estimate of drug-likeness (QED) is 0.259.